The maximum absolute atomic E-state index is 11.6. The van der Waals surface area contributed by atoms with E-state index in [1.165, 1.54) is 13.2 Å². The van der Waals surface area contributed by atoms with Crippen molar-refractivity contribution in [3.05, 3.63) is 28.8 Å². The summed E-state index contributed by atoms with van der Waals surface area (Å²) in [6.07, 6.45) is 2.59. The zero-order valence-corrected chi connectivity index (χ0v) is 14.6. The minimum Gasteiger partial charge on any atom is -0.491 e. The van der Waals surface area contributed by atoms with Crippen molar-refractivity contribution in [2.75, 3.05) is 26.9 Å². The van der Waals surface area contributed by atoms with Crippen LogP contribution in [0.1, 0.15) is 12.5 Å². The average Bonchev–Trinajstić information content (AvgIpc) is 2.56. The van der Waals surface area contributed by atoms with Crippen LogP contribution in [-0.2, 0) is 19.1 Å². The standard InChI is InChI=1S/C16H19ClN2O6/c1-3-24-12-7-10(6-11(17)16(12)23-2)4-5-15(22)25-9-14(21)19-8-13(18)20/h4-7H,3,8-9H2,1-2H3,(H2,18,20)(H,19,21)/b5-4+. The largest absolute Gasteiger partial charge is 0.491 e. The van der Waals surface area contributed by atoms with Crippen molar-refractivity contribution in [3.8, 4) is 11.5 Å². The van der Waals surface area contributed by atoms with Crippen LogP contribution in [0.25, 0.3) is 6.08 Å². The lowest BCUT2D eigenvalue weighted by Gasteiger charge is -2.11. The van der Waals surface area contributed by atoms with Gasteiger partial charge in [-0.1, -0.05) is 11.6 Å². The Kier molecular flexibility index (Phi) is 8.28. The molecule has 0 spiro atoms. The summed E-state index contributed by atoms with van der Waals surface area (Å²) >= 11 is 6.10. The second kappa shape index (κ2) is 10.2. The highest BCUT2D eigenvalue weighted by Gasteiger charge is 2.11. The zero-order chi connectivity index (χ0) is 18.8. The van der Waals surface area contributed by atoms with E-state index >= 15 is 0 Å². The number of nitrogens with two attached hydrogens (primary N) is 1. The molecule has 0 aliphatic heterocycles. The Labute approximate surface area is 149 Å². The first kappa shape index (κ1) is 20.3. The normalized spacial score (nSPS) is 10.4. The lowest BCUT2D eigenvalue weighted by atomic mass is 10.2. The number of ether oxygens (including phenoxy) is 3. The molecule has 1 rings (SSSR count). The minimum atomic E-state index is -0.737. The van der Waals surface area contributed by atoms with Gasteiger partial charge in [0.15, 0.2) is 18.1 Å². The Morgan fingerprint density at radius 1 is 1.32 bits per heavy atom. The van der Waals surface area contributed by atoms with Gasteiger partial charge in [0.2, 0.25) is 5.91 Å². The molecular formula is C16H19ClN2O6. The second-order valence-corrected chi connectivity index (χ2v) is 5.06. The van der Waals surface area contributed by atoms with Crippen LogP contribution in [0.3, 0.4) is 0 Å². The smallest absolute Gasteiger partial charge is 0.331 e. The molecule has 0 saturated carbocycles. The average molecular weight is 371 g/mol. The fraction of sp³-hybridized carbons (Fsp3) is 0.312. The third kappa shape index (κ3) is 7.13. The predicted octanol–water partition coefficient (Wildman–Crippen LogP) is 0.905. The van der Waals surface area contributed by atoms with Crippen LogP contribution in [0.5, 0.6) is 11.5 Å². The molecule has 0 saturated heterocycles. The molecule has 1 aromatic carbocycles. The van der Waals surface area contributed by atoms with Crippen molar-refractivity contribution in [2.45, 2.75) is 6.92 Å². The molecule has 2 amide bonds. The molecule has 0 fully saturated rings. The monoisotopic (exact) mass is 370 g/mol. The number of rotatable bonds is 9. The van der Waals surface area contributed by atoms with Crippen LogP contribution >= 0.6 is 11.6 Å². The minimum absolute atomic E-state index is 0.323. The van der Waals surface area contributed by atoms with E-state index in [9.17, 15) is 14.4 Å². The maximum atomic E-state index is 11.6. The quantitative estimate of drug-likeness (QED) is 0.492. The predicted molar refractivity (Wildman–Crippen MR) is 91.4 cm³/mol. The highest BCUT2D eigenvalue weighted by molar-refractivity contribution is 6.32. The lowest BCUT2D eigenvalue weighted by Crippen LogP contribution is -2.35. The molecule has 9 heteroatoms. The summed E-state index contributed by atoms with van der Waals surface area (Å²) in [7, 11) is 1.47. The van der Waals surface area contributed by atoms with E-state index in [1.54, 1.807) is 12.1 Å². The maximum Gasteiger partial charge on any atom is 0.331 e. The number of esters is 1. The van der Waals surface area contributed by atoms with Crippen molar-refractivity contribution in [1.29, 1.82) is 0 Å². The first-order valence-corrected chi connectivity index (χ1v) is 7.65. The van der Waals surface area contributed by atoms with Gasteiger partial charge in [-0.3, -0.25) is 9.59 Å². The SMILES string of the molecule is CCOc1cc(/C=C/C(=O)OCC(=O)NCC(N)=O)cc(Cl)c1OC. The number of amides is 2. The number of hydrogen-bond donors (Lipinski definition) is 2. The highest BCUT2D eigenvalue weighted by Crippen LogP contribution is 2.36. The summed E-state index contributed by atoms with van der Waals surface area (Å²) in [6, 6.07) is 3.24. The van der Waals surface area contributed by atoms with E-state index in [0.717, 1.165) is 6.08 Å². The van der Waals surface area contributed by atoms with E-state index in [1.807, 2.05) is 6.92 Å². The number of carbonyl (C=O) groups excluding carboxylic acids is 3. The van der Waals surface area contributed by atoms with E-state index in [4.69, 9.17) is 31.5 Å². The summed E-state index contributed by atoms with van der Waals surface area (Å²) < 4.78 is 15.3. The van der Waals surface area contributed by atoms with Crippen molar-refractivity contribution < 1.29 is 28.6 Å². The Balaban J connectivity index is 2.66. The van der Waals surface area contributed by atoms with Crippen molar-refractivity contribution in [2.24, 2.45) is 5.73 Å². The molecular weight excluding hydrogens is 352 g/mol. The Bertz CT molecular complexity index is 675. The van der Waals surface area contributed by atoms with E-state index < -0.39 is 24.4 Å². The fourth-order valence-corrected chi connectivity index (χ4v) is 2.03. The van der Waals surface area contributed by atoms with Crippen LogP contribution in [0, 0.1) is 0 Å². The molecule has 0 unspecified atom stereocenters. The van der Waals surface area contributed by atoms with Crippen molar-refractivity contribution >= 4 is 35.5 Å². The van der Waals surface area contributed by atoms with Gasteiger partial charge in [0, 0.05) is 6.08 Å². The zero-order valence-electron chi connectivity index (χ0n) is 13.8. The van der Waals surface area contributed by atoms with Gasteiger partial charge in [-0.25, -0.2) is 4.79 Å². The number of halogens is 1. The summed E-state index contributed by atoms with van der Waals surface area (Å²) in [4.78, 5) is 33.4. The van der Waals surface area contributed by atoms with E-state index in [-0.39, 0.29) is 6.54 Å². The number of nitrogens with one attached hydrogen (secondary N) is 1. The Morgan fingerprint density at radius 2 is 2.04 bits per heavy atom. The molecule has 136 valence electrons. The number of methoxy groups -OCH3 is 1. The third-order valence-corrected chi connectivity index (χ3v) is 3.03. The van der Waals surface area contributed by atoms with Gasteiger partial charge in [-0.15, -0.1) is 0 Å². The third-order valence-electron chi connectivity index (χ3n) is 2.75. The van der Waals surface area contributed by atoms with Gasteiger partial charge in [0.1, 0.15) is 0 Å². The van der Waals surface area contributed by atoms with Crippen molar-refractivity contribution in [3.63, 3.8) is 0 Å². The Morgan fingerprint density at radius 3 is 2.64 bits per heavy atom. The van der Waals surface area contributed by atoms with E-state index in [0.29, 0.717) is 28.7 Å². The number of primary amides is 1. The molecule has 3 N–H and O–H groups in total. The second-order valence-electron chi connectivity index (χ2n) is 4.65. The molecule has 0 aliphatic carbocycles. The van der Waals surface area contributed by atoms with Crippen LogP contribution in [0.2, 0.25) is 5.02 Å². The van der Waals surface area contributed by atoms with Gasteiger partial charge in [-0.2, -0.15) is 0 Å². The number of benzene rings is 1. The number of hydrogen-bond acceptors (Lipinski definition) is 6. The number of carbonyl (C=O) groups is 3. The first-order chi connectivity index (χ1) is 11.9. The van der Waals surface area contributed by atoms with E-state index in [2.05, 4.69) is 5.32 Å². The molecule has 0 bridgehead atoms. The summed E-state index contributed by atoms with van der Waals surface area (Å²) in [5, 5.41) is 2.52. The molecule has 0 aromatic heterocycles. The lowest BCUT2D eigenvalue weighted by molar-refractivity contribution is -0.143. The molecule has 0 atom stereocenters. The molecule has 0 heterocycles. The topological polar surface area (TPSA) is 117 Å². The Hall–Kier alpha value is -2.74. The highest BCUT2D eigenvalue weighted by atomic mass is 35.5. The molecule has 1 aromatic rings. The fourth-order valence-electron chi connectivity index (χ4n) is 1.73. The van der Waals surface area contributed by atoms with Gasteiger partial charge >= 0.3 is 5.97 Å². The van der Waals surface area contributed by atoms with Crippen LogP contribution in [-0.4, -0.2) is 44.7 Å². The summed E-state index contributed by atoms with van der Waals surface area (Å²) in [5.74, 6) is -1.22. The van der Waals surface area contributed by atoms with Gasteiger partial charge < -0.3 is 25.3 Å². The first-order valence-electron chi connectivity index (χ1n) is 7.27. The van der Waals surface area contributed by atoms with Crippen molar-refractivity contribution in [1.82, 2.24) is 5.32 Å². The molecule has 25 heavy (non-hydrogen) atoms. The van der Waals surface area contributed by atoms with Crippen LogP contribution in [0.15, 0.2) is 18.2 Å². The summed E-state index contributed by atoms with van der Waals surface area (Å²) in [5.41, 5.74) is 5.46. The van der Waals surface area contributed by atoms with Gasteiger partial charge in [0.05, 0.1) is 25.3 Å². The molecule has 0 aliphatic rings. The summed E-state index contributed by atoms with van der Waals surface area (Å²) in [6.45, 7) is 1.39. The van der Waals surface area contributed by atoms with Crippen LogP contribution in [0.4, 0.5) is 0 Å². The molecule has 0 radical (unpaired) electrons. The van der Waals surface area contributed by atoms with Gasteiger partial charge in [0.25, 0.3) is 5.91 Å². The molecule has 8 nitrogen and oxygen atoms in total. The van der Waals surface area contributed by atoms with Crippen LogP contribution < -0.4 is 20.5 Å². The van der Waals surface area contributed by atoms with Gasteiger partial charge in [-0.05, 0) is 30.7 Å².